The minimum absolute atomic E-state index is 0.150. The molecule has 0 aliphatic carbocycles. The molecule has 2 aromatic carbocycles. The normalized spacial score (nSPS) is 10.2. The molecule has 0 aliphatic rings. The molecule has 1 aromatic heterocycles. The minimum atomic E-state index is -0.281. The molecule has 0 saturated heterocycles. The van der Waals surface area contributed by atoms with Crippen LogP contribution in [0.4, 0.5) is 22.7 Å². The van der Waals surface area contributed by atoms with Gasteiger partial charge in [0.25, 0.3) is 5.91 Å². The summed E-state index contributed by atoms with van der Waals surface area (Å²) in [4.78, 5) is 27.7. The van der Waals surface area contributed by atoms with E-state index in [1.165, 1.54) is 13.1 Å². The molecule has 0 spiro atoms. The Morgan fingerprint density at radius 3 is 2.21 bits per heavy atom. The second kappa shape index (κ2) is 8.54. The van der Waals surface area contributed by atoms with Gasteiger partial charge < -0.3 is 16.0 Å². The molecular formula is C21H19ClN4O2. The lowest BCUT2D eigenvalue weighted by Gasteiger charge is -2.11. The molecule has 28 heavy (non-hydrogen) atoms. The van der Waals surface area contributed by atoms with Gasteiger partial charge in [-0.05, 0) is 61.0 Å². The molecule has 6 nitrogen and oxygen atoms in total. The van der Waals surface area contributed by atoms with Gasteiger partial charge >= 0.3 is 0 Å². The Bertz CT molecular complexity index is 1020. The van der Waals surface area contributed by atoms with E-state index >= 15 is 0 Å². The van der Waals surface area contributed by atoms with E-state index < -0.39 is 0 Å². The zero-order chi connectivity index (χ0) is 20.1. The van der Waals surface area contributed by atoms with Crippen molar-refractivity contribution in [3.05, 3.63) is 77.1 Å². The number of benzene rings is 2. The van der Waals surface area contributed by atoms with Crippen LogP contribution in [0.15, 0.2) is 60.9 Å². The van der Waals surface area contributed by atoms with E-state index in [0.29, 0.717) is 27.6 Å². The maximum absolute atomic E-state index is 12.5. The van der Waals surface area contributed by atoms with Gasteiger partial charge in [0.15, 0.2) is 0 Å². The number of hydrogen-bond acceptors (Lipinski definition) is 4. The third-order valence-electron chi connectivity index (χ3n) is 3.93. The fourth-order valence-electron chi connectivity index (χ4n) is 2.60. The van der Waals surface area contributed by atoms with E-state index in [1.807, 2.05) is 19.1 Å². The van der Waals surface area contributed by atoms with Crippen LogP contribution < -0.4 is 16.0 Å². The third-order valence-corrected chi connectivity index (χ3v) is 4.17. The minimum Gasteiger partial charge on any atom is -0.354 e. The molecule has 3 N–H and O–H groups in total. The van der Waals surface area contributed by atoms with Gasteiger partial charge in [0, 0.05) is 35.2 Å². The Kier molecular flexibility index (Phi) is 5.91. The summed E-state index contributed by atoms with van der Waals surface area (Å²) in [6.07, 6.45) is 3.15. The summed E-state index contributed by atoms with van der Waals surface area (Å²) in [7, 11) is 0. The van der Waals surface area contributed by atoms with Crippen molar-refractivity contribution in [3.8, 4) is 0 Å². The Balaban J connectivity index is 1.70. The van der Waals surface area contributed by atoms with Crippen LogP contribution in [-0.2, 0) is 4.79 Å². The first-order chi connectivity index (χ1) is 13.4. The van der Waals surface area contributed by atoms with Crippen LogP contribution >= 0.6 is 11.6 Å². The van der Waals surface area contributed by atoms with Crippen LogP contribution in [-0.4, -0.2) is 16.8 Å². The lowest BCUT2D eigenvalue weighted by atomic mass is 10.2. The Hall–Kier alpha value is -3.38. The second-order valence-corrected chi connectivity index (χ2v) is 6.70. The molecule has 2 amide bonds. The van der Waals surface area contributed by atoms with E-state index in [4.69, 9.17) is 11.6 Å². The summed E-state index contributed by atoms with van der Waals surface area (Å²) in [5.74, 6) is -0.431. The predicted octanol–water partition coefficient (Wildman–Crippen LogP) is 5.00. The lowest BCUT2D eigenvalue weighted by Crippen LogP contribution is -2.12. The van der Waals surface area contributed by atoms with Crippen molar-refractivity contribution in [3.63, 3.8) is 0 Å². The molecule has 7 heteroatoms. The number of hydrogen-bond donors (Lipinski definition) is 3. The molecule has 0 bridgehead atoms. The Labute approximate surface area is 168 Å². The second-order valence-electron chi connectivity index (χ2n) is 6.26. The fourth-order valence-corrected chi connectivity index (χ4v) is 2.83. The van der Waals surface area contributed by atoms with Crippen molar-refractivity contribution in [2.75, 3.05) is 16.0 Å². The summed E-state index contributed by atoms with van der Waals surface area (Å²) in [5, 5.41) is 9.40. The smallest absolute Gasteiger partial charge is 0.257 e. The van der Waals surface area contributed by atoms with Gasteiger partial charge in [0.05, 0.1) is 17.4 Å². The van der Waals surface area contributed by atoms with Crippen LogP contribution in [0, 0.1) is 6.92 Å². The van der Waals surface area contributed by atoms with Crippen LogP contribution in [0.25, 0.3) is 0 Å². The lowest BCUT2D eigenvalue weighted by molar-refractivity contribution is -0.114. The number of carbonyl (C=O) groups is 2. The van der Waals surface area contributed by atoms with Gasteiger partial charge in [0.1, 0.15) is 0 Å². The summed E-state index contributed by atoms with van der Waals surface area (Å²) >= 11 is 5.98. The number of rotatable bonds is 5. The van der Waals surface area contributed by atoms with Crippen LogP contribution in [0.3, 0.4) is 0 Å². The van der Waals surface area contributed by atoms with Crippen molar-refractivity contribution in [1.82, 2.24) is 4.98 Å². The van der Waals surface area contributed by atoms with E-state index in [9.17, 15) is 9.59 Å². The number of anilines is 4. The first kappa shape index (κ1) is 19.4. The zero-order valence-electron chi connectivity index (χ0n) is 15.4. The predicted molar refractivity (Wildman–Crippen MR) is 112 cm³/mol. The van der Waals surface area contributed by atoms with Crippen LogP contribution in [0.5, 0.6) is 0 Å². The van der Waals surface area contributed by atoms with Crippen molar-refractivity contribution in [1.29, 1.82) is 0 Å². The van der Waals surface area contributed by atoms with Crippen LogP contribution in [0.1, 0.15) is 22.8 Å². The van der Waals surface area contributed by atoms with Crippen molar-refractivity contribution >= 4 is 46.2 Å². The highest BCUT2D eigenvalue weighted by atomic mass is 35.5. The largest absolute Gasteiger partial charge is 0.354 e. The number of carbonyl (C=O) groups excluding carboxylic acids is 2. The number of nitrogens with zero attached hydrogens (tertiary/aromatic N) is 1. The number of amides is 2. The van der Waals surface area contributed by atoms with Gasteiger partial charge in [0.2, 0.25) is 5.91 Å². The van der Waals surface area contributed by atoms with E-state index in [-0.39, 0.29) is 11.8 Å². The number of aromatic nitrogens is 1. The maximum Gasteiger partial charge on any atom is 0.257 e. The maximum atomic E-state index is 12.5. The van der Waals surface area contributed by atoms with Gasteiger partial charge in [-0.3, -0.25) is 14.6 Å². The van der Waals surface area contributed by atoms with Gasteiger partial charge in [-0.15, -0.1) is 0 Å². The first-order valence-electron chi connectivity index (χ1n) is 8.58. The highest BCUT2D eigenvalue weighted by Crippen LogP contribution is 2.24. The number of nitrogens with one attached hydrogen (secondary N) is 3. The molecular weight excluding hydrogens is 376 g/mol. The van der Waals surface area contributed by atoms with Gasteiger partial charge in [-0.1, -0.05) is 11.6 Å². The summed E-state index contributed by atoms with van der Waals surface area (Å²) in [6, 6.07) is 14.1. The molecule has 0 unspecified atom stereocenters. The summed E-state index contributed by atoms with van der Waals surface area (Å²) in [6.45, 7) is 3.39. The number of halogens is 1. The Morgan fingerprint density at radius 2 is 1.57 bits per heavy atom. The number of pyridine rings is 1. The monoisotopic (exact) mass is 394 g/mol. The highest BCUT2D eigenvalue weighted by molar-refractivity contribution is 6.30. The van der Waals surface area contributed by atoms with Crippen molar-refractivity contribution in [2.45, 2.75) is 13.8 Å². The molecule has 0 radical (unpaired) electrons. The fraction of sp³-hybridized carbons (Fsp3) is 0.0952. The van der Waals surface area contributed by atoms with Crippen molar-refractivity contribution < 1.29 is 9.59 Å². The standard InChI is InChI=1S/C21H19ClN4O2/c1-13-9-16(22)3-8-20(13)25-19-10-15(11-23-12-19)21(28)26-18-6-4-17(5-7-18)24-14(2)27/h3-12,25H,1-2H3,(H,24,27)(H,26,28). The number of aryl methyl sites for hydroxylation is 1. The molecule has 142 valence electrons. The van der Waals surface area contributed by atoms with Gasteiger partial charge in [-0.2, -0.15) is 0 Å². The average Bonchev–Trinajstić information content (AvgIpc) is 2.65. The molecule has 1 heterocycles. The zero-order valence-corrected chi connectivity index (χ0v) is 16.2. The highest BCUT2D eigenvalue weighted by Gasteiger charge is 2.09. The first-order valence-corrected chi connectivity index (χ1v) is 8.96. The third kappa shape index (κ3) is 5.08. The molecule has 0 atom stereocenters. The summed E-state index contributed by atoms with van der Waals surface area (Å²) < 4.78 is 0. The summed E-state index contributed by atoms with van der Waals surface area (Å²) in [5.41, 5.74) is 4.27. The molecule has 0 aliphatic heterocycles. The molecule has 0 saturated carbocycles. The Morgan fingerprint density at radius 1 is 0.893 bits per heavy atom. The topological polar surface area (TPSA) is 83.1 Å². The van der Waals surface area contributed by atoms with Gasteiger partial charge in [-0.25, -0.2) is 0 Å². The van der Waals surface area contributed by atoms with Crippen molar-refractivity contribution in [2.24, 2.45) is 0 Å². The molecule has 3 rings (SSSR count). The molecule has 3 aromatic rings. The quantitative estimate of drug-likeness (QED) is 0.568. The van der Waals surface area contributed by atoms with Crippen LogP contribution in [0.2, 0.25) is 5.02 Å². The average molecular weight is 395 g/mol. The van der Waals surface area contributed by atoms with E-state index in [0.717, 1.165) is 11.3 Å². The van der Waals surface area contributed by atoms with E-state index in [2.05, 4.69) is 20.9 Å². The molecule has 0 fully saturated rings. The SMILES string of the molecule is CC(=O)Nc1ccc(NC(=O)c2cncc(Nc3ccc(Cl)cc3C)c2)cc1. The van der Waals surface area contributed by atoms with E-state index in [1.54, 1.807) is 42.6 Å².